The summed E-state index contributed by atoms with van der Waals surface area (Å²) in [5, 5.41) is 9.73. The van der Waals surface area contributed by atoms with Crippen LogP contribution in [-0.4, -0.2) is 29.0 Å². The molecular weight excluding hydrogens is 245 g/mol. The molecule has 0 spiro atoms. The molecule has 90 valence electrons. The Hall–Kier alpha value is -0.940. The summed E-state index contributed by atoms with van der Waals surface area (Å²) in [6.45, 7) is 1.57. The SMILES string of the molecule is CCC1(OC(=O)C(F)(F)F)NC(C#N)CS1. The molecule has 0 saturated carbocycles. The average Bonchev–Trinajstić information content (AvgIpc) is 2.61. The quantitative estimate of drug-likeness (QED) is 0.754. The van der Waals surface area contributed by atoms with E-state index in [2.05, 4.69) is 10.1 Å². The van der Waals surface area contributed by atoms with E-state index in [1.807, 2.05) is 6.07 Å². The van der Waals surface area contributed by atoms with Gasteiger partial charge in [-0.15, -0.1) is 0 Å². The number of nitrogens with one attached hydrogen (secondary N) is 1. The molecule has 0 bridgehead atoms. The molecule has 0 aromatic heterocycles. The summed E-state index contributed by atoms with van der Waals surface area (Å²) in [4.78, 5) is 10.7. The van der Waals surface area contributed by atoms with Gasteiger partial charge < -0.3 is 4.74 Å². The summed E-state index contributed by atoms with van der Waals surface area (Å²) in [5.74, 6) is -1.96. The zero-order chi connectivity index (χ0) is 12.4. The Morgan fingerprint density at radius 1 is 1.75 bits per heavy atom. The van der Waals surface area contributed by atoms with Crippen molar-refractivity contribution in [1.82, 2.24) is 5.32 Å². The van der Waals surface area contributed by atoms with Crippen LogP contribution in [0.1, 0.15) is 13.3 Å². The summed E-state index contributed by atoms with van der Waals surface area (Å²) in [6.07, 6.45) is -4.87. The molecule has 0 radical (unpaired) electrons. The molecule has 4 nitrogen and oxygen atoms in total. The molecule has 1 rings (SSSR count). The van der Waals surface area contributed by atoms with Crippen LogP contribution in [0.5, 0.6) is 0 Å². The van der Waals surface area contributed by atoms with Gasteiger partial charge in [0, 0.05) is 12.2 Å². The van der Waals surface area contributed by atoms with Gasteiger partial charge in [0.15, 0.2) is 0 Å². The predicted molar refractivity (Wildman–Crippen MR) is 50.2 cm³/mol. The Bertz CT molecular complexity index is 328. The van der Waals surface area contributed by atoms with E-state index in [0.29, 0.717) is 0 Å². The van der Waals surface area contributed by atoms with Gasteiger partial charge in [-0.2, -0.15) is 18.4 Å². The third kappa shape index (κ3) is 2.80. The molecule has 0 amide bonds. The van der Waals surface area contributed by atoms with Gasteiger partial charge in [-0.1, -0.05) is 18.7 Å². The highest BCUT2D eigenvalue weighted by molar-refractivity contribution is 8.00. The summed E-state index contributed by atoms with van der Waals surface area (Å²) < 4.78 is 40.4. The van der Waals surface area contributed by atoms with Crippen LogP contribution in [0.4, 0.5) is 13.2 Å². The van der Waals surface area contributed by atoms with Gasteiger partial charge in [-0.05, 0) is 0 Å². The van der Waals surface area contributed by atoms with E-state index in [-0.39, 0.29) is 12.2 Å². The van der Waals surface area contributed by atoms with Crippen molar-refractivity contribution in [2.45, 2.75) is 30.6 Å². The lowest BCUT2D eigenvalue weighted by Gasteiger charge is -2.27. The fraction of sp³-hybridized carbons (Fsp3) is 0.750. The smallest absolute Gasteiger partial charge is 0.428 e. The van der Waals surface area contributed by atoms with Gasteiger partial charge >= 0.3 is 12.1 Å². The molecule has 16 heavy (non-hydrogen) atoms. The lowest BCUT2D eigenvalue weighted by Crippen LogP contribution is -2.47. The maximum atomic E-state index is 12.0. The Balaban J connectivity index is 2.71. The Morgan fingerprint density at radius 3 is 2.75 bits per heavy atom. The number of ether oxygens (including phenoxy) is 1. The molecule has 2 atom stereocenters. The fourth-order valence-electron chi connectivity index (χ4n) is 1.18. The highest BCUT2D eigenvalue weighted by Crippen LogP contribution is 2.36. The highest BCUT2D eigenvalue weighted by atomic mass is 32.2. The zero-order valence-electron chi connectivity index (χ0n) is 8.30. The van der Waals surface area contributed by atoms with E-state index in [4.69, 9.17) is 5.26 Å². The predicted octanol–water partition coefficient (Wildman–Crippen LogP) is 1.38. The molecule has 1 fully saturated rings. The number of alkyl halides is 3. The summed E-state index contributed by atoms with van der Waals surface area (Å²) in [6, 6.07) is 1.25. The number of esters is 1. The molecule has 0 aliphatic carbocycles. The van der Waals surface area contributed by atoms with E-state index in [1.165, 1.54) is 0 Å². The first kappa shape index (κ1) is 13.1. The number of carbonyl (C=O) groups excluding carboxylic acids is 1. The van der Waals surface area contributed by atoms with Crippen LogP contribution in [0.3, 0.4) is 0 Å². The summed E-state index contributed by atoms with van der Waals surface area (Å²) >= 11 is 0.990. The van der Waals surface area contributed by atoms with Crippen molar-refractivity contribution >= 4 is 17.7 Å². The van der Waals surface area contributed by atoms with Crippen molar-refractivity contribution in [2.75, 3.05) is 5.75 Å². The van der Waals surface area contributed by atoms with Crippen LogP contribution in [0.25, 0.3) is 0 Å². The van der Waals surface area contributed by atoms with Crippen LogP contribution >= 0.6 is 11.8 Å². The van der Waals surface area contributed by atoms with Crippen molar-refractivity contribution in [1.29, 1.82) is 5.26 Å². The van der Waals surface area contributed by atoms with Gasteiger partial charge in [0.25, 0.3) is 0 Å². The minimum absolute atomic E-state index is 0.150. The monoisotopic (exact) mass is 254 g/mol. The first-order chi connectivity index (χ1) is 7.33. The summed E-state index contributed by atoms with van der Waals surface area (Å²) in [7, 11) is 0. The van der Waals surface area contributed by atoms with Gasteiger partial charge in [0.1, 0.15) is 6.04 Å². The van der Waals surface area contributed by atoms with Crippen LogP contribution in [0.15, 0.2) is 0 Å². The maximum absolute atomic E-state index is 12.0. The highest BCUT2D eigenvalue weighted by Gasteiger charge is 2.49. The topological polar surface area (TPSA) is 62.1 Å². The zero-order valence-corrected chi connectivity index (χ0v) is 9.11. The van der Waals surface area contributed by atoms with Crippen molar-refractivity contribution < 1.29 is 22.7 Å². The normalized spacial score (nSPS) is 29.8. The first-order valence-electron chi connectivity index (χ1n) is 4.44. The Labute approximate surface area is 94.1 Å². The van der Waals surface area contributed by atoms with Gasteiger partial charge in [0.2, 0.25) is 5.06 Å². The van der Waals surface area contributed by atoms with E-state index in [1.54, 1.807) is 6.92 Å². The van der Waals surface area contributed by atoms with E-state index in [9.17, 15) is 18.0 Å². The standard InChI is InChI=1S/C8H9F3N2O2S/c1-2-7(13-5(3-12)4-16-7)15-6(14)8(9,10)11/h5,13H,2,4H2,1H3. The van der Waals surface area contributed by atoms with Crippen LogP contribution in [0.2, 0.25) is 0 Å². The second kappa shape index (κ2) is 4.51. The van der Waals surface area contributed by atoms with Gasteiger partial charge in [0.05, 0.1) is 6.07 Å². The minimum Gasteiger partial charge on any atom is -0.428 e. The molecular formula is C8H9F3N2O2S. The molecule has 0 aromatic carbocycles. The molecule has 1 saturated heterocycles. The number of nitrogens with zero attached hydrogens (tertiary/aromatic N) is 1. The van der Waals surface area contributed by atoms with Gasteiger partial charge in [-0.3, -0.25) is 5.32 Å². The number of rotatable bonds is 2. The molecule has 1 N–H and O–H groups in total. The Morgan fingerprint density at radius 2 is 2.38 bits per heavy atom. The van der Waals surface area contributed by atoms with E-state index < -0.39 is 23.2 Å². The fourth-order valence-corrected chi connectivity index (χ4v) is 2.34. The molecule has 1 aliphatic rings. The largest absolute Gasteiger partial charge is 0.491 e. The minimum atomic E-state index is -5.02. The maximum Gasteiger partial charge on any atom is 0.491 e. The van der Waals surface area contributed by atoms with E-state index >= 15 is 0 Å². The number of thioether (sulfide) groups is 1. The second-order valence-corrected chi connectivity index (χ2v) is 4.41. The Kier molecular flexibility index (Phi) is 3.70. The van der Waals surface area contributed by atoms with Gasteiger partial charge in [-0.25, -0.2) is 4.79 Å². The number of halogens is 3. The molecule has 2 unspecified atom stereocenters. The van der Waals surface area contributed by atoms with Crippen molar-refractivity contribution in [3.63, 3.8) is 0 Å². The van der Waals surface area contributed by atoms with Crippen LogP contribution < -0.4 is 5.32 Å². The van der Waals surface area contributed by atoms with Crippen molar-refractivity contribution in [3.8, 4) is 6.07 Å². The third-order valence-electron chi connectivity index (χ3n) is 1.99. The lowest BCUT2D eigenvalue weighted by molar-refractivity contribution is -0.208. The number of nitriles is 1. The first-order valence-corrected chi connectivity index (χ1v) is 5.43. The molecule has 1 heterocycles. The molecule has 1 aliphatic heterocycles. The van der Waals surface area contributed by atoms with E-state index in [0.717, 1.165) is 11.8 Å². The number of hydrogen-bond acceptors (Lipinski definition) is 5. The van der Waals surface area contributed by atoms with Crippen molar-refractivity contribution in [3.05, 3.63) is 0 Å². The van der Waals surface area contributed by atoms with Crippen LogP contribution in [-0.2, 0) is 9.53 Å². The number of hydrogen-bond donors (Lipinski definition) is 1. The van der Waals surface area contributed by atoms with Crippen molar-refractivity contribution in [2.24, 2.45) is 0 Å². The lowest BCUT2D eigenvalue weighted by atomic mass is 10.3. The average molecular weight is 254 g/mol. The number of carbonyl (C=O) groups is 1. The van der Waals surface area contributed by atoms with Crippen LogP contribution in [0, 0.1) is 11.3 Å². The molecule has 8 heteroatoms. The second-order valence-electron chi connectivity index (χ2n) is 3.13. The summed E-state index contributed by atoms with van der Waals surface area (Å²) in [5.41, 5.74) is 0. The third-order valence-corrected chi connectivity index (χ3v) is 3.44. The molecule has 0 aromatic rings.